The molecule has 0 amide bonds. The zero-order chi connectivity index (χ0) is 19.9. The van der Waals surface area contributed by atoms with Crippen molar-refractivity contribution in [1.82, 2.24) is 14.9 Å². The molecule has 2 unspecified atom stereocenters. The molecule has 3 aliphatic heterocycles. The Kier molecular flexibility index (Phi) is 14.1. The largest absolute Gasteiger partial charge is 0.381 e. The topological polar surface area (TPSA) is 79.5 Å². The summed E-state index contributed by atoms with van der Waals surface area (Å²) in [5.41, 5.74) is 6.03. The van der Waals surface area contributed by atoms with Crippen LogP contribution in [0.3, 0.4) is 0 Å². The van der Waals surface area contributed by atoms with Crippen LogP contribution in [0.1, 0.15) is 57.8 Å². The van der Waals surface area contributed by atoms with Crippen molar-refractivity contribution < 1.29 is 4.74 Å². The van der Waals surface area contributed by atoms with Crippen LogP contribution in [-0.4, -0.2) is 72.4 Å². The van der Waals surface area contributed by atoms with E-state index in [1.165, 1.54) is 38.6 Å². The number of nitrogens with one attached hydrogen (secondary N) is 1. The SMILES string of the molecule is Cl.Cl.Cl.NCCC1C(Nc2nccc(N3CCCCCC3)n2)CCCN1C1CCOCC1. The lowest BCUT2D eigenvalue weighted by Crippen LogP contribution is -2.56. The van der Waals surface area contributed by atoms with Crippen molar-refractivity contribution in [2.45, 2.75) is 75.9 Å². The smallest absolute Gasteiger partial charge is 0.224 e. The van der Waals surface area contributed by atoms with Crippen molar-refractivity contribution in [3.63, 3.8) is 0 Å². The van der Waals surface area contributed by atoms with Gasteiger partial charge < -0.3 is 20.7 Å². The lowest BCUT2D eigenvalue weighted by molar-refractivity contribution is -0.00000708. The van der Waals surface area contributed by atoms with Crippen LogP contribution in [0.15, 0.2) is 12.3 Å². The molecule has 10 heteroatoms. The molecular formula is C22H41Cl3N6O. The average molecular weight is 512 g/mol. The second-order valence-electron chi connectivity index (χ2n) is 8.76. The molecule has 2 atom stereocenters. The molecule has 186 valence electrons. The number of anilines is 2. The van der Waals surface area contributed by atoms with E-state index in [-0.39, 0.29) is 37.2 Å². The Bertz CT molecular complexity index is 629. The first-order valence-electron chi connectivity index (χ1n) is 11.7. The molecule has 4 heterocycles. The third-order valence-corrected chi connectivity index (χ3v) is 6.83. The predicted molar refractivity (Wildman–Crippen MR) is 139 cm³/mol. The average Bonchev–Trinajstić information content (AvgIpc) is 3.06. The quantitative estimate of drug-likeness (QED) is 0.599. The number of nitrogens with two attached hydrogens (primary N) is 1. The van der Waals surface area contributed by atoms with Crippen LogP contribution in [0, 0.1) is 0 Å². The molecule has 0 bridgehead atoms. The van der Waals surface area contributed by atoms with E-state index in [0.717, 1.165) is 70.3 Å². The normalized spacial score (nSPS) is 25.0. The summed E-state index contributed by atoms with van der Waals surface area (Å²) in [6, 6.07) is 3.48. The van der Waals surface area contributed by atoms with E-state index >= 15 is 0 Å². The number of hydrogen-bond donors (Lipinski definition) is 2. The maximum atomic E-state index is 6.03. The minimum absolute atomic E-state index is 0. The van der Waals surface area contributed by atoms with Crippen LogP contribution in [0.5, 0.6) is 0 Å². The Morgan fingerprint density at radius 1 is 0.969 bits per heavy atom. The molecule has 0 aliphatic carbocycles. The van der Waals surface area contributed by atoms with Gasteiger partial charge in [0.1, 0.15) is 5.82 Å². The van der Waals surface area contributed by atoms with Gasteiger partial charge in [-0.1, -0.05) is 12.8 Å². The molecule has 1 aromatic rings. The van der Waals surface area contributed by atoms with Crippen molar-refractivity contribution in [2.75, 3.05) is 49.6 Å². The summed E-state index contributed by atoms with van der Waals surface area (Å²) in [5, 5.41) is 3.70. The maximum absolute atomic E-state index is 6.03. The Hall–Kier alpha value is -0.570. The number of hydrogen-bond acceptors (Lipinski definition) is 7. The lowest BCUT2D eigenvalue weighted by atomic mass is 9.90. The molecule has 0 saturated carbocycles. The summed E-state index contributed by atoms with van der Waals surface area (Å²) in [6.45, 7) is 5.87. The molecule has 3 N–H and O–H groups in total. The third-order valence-electron chi connectivity index (χ3n) is 6.83. The van der Waals surface area contributed by atoms with Crippen molar-refractivity contribution in [2.24, 2.45) is 5.73 Å². The van der Waals surface area contributed by atoms with Gasteiger partial charge in [-0.05, 0) is 64.1 Å². The zero-order valence-electron chi connectivity index (χ0n) is 19.0. The van der Waals surface area contributed by atoms with Gasteiger partial charge in [-0.15, -0.1) is 37.2 Å². The summed E-state index contributed by atoms with van der Waals surface area (Å²) >= 11 is 0. The van der Waals surface area contributed by atoms with Crippen LogP contribution in [0.2, 0.25) is 0 Å². The summed E-state index contributed by atoms with van der Waals surface area (Å²) < 4.78 is 5.60. The van der Waals surface area contributed by atoms with Crippen molar-refractivity contribution in [1.29, 1.82) is 0 Å². The first-order valence-corrected chi connectivity index (χ1v) is 11.7. The van der Waals surface area contributed by atoms with E-state index in [9.17, 15) is 0 Å². The summed E-state index contributed by atoms with van der Waals surface area (Å²) in [7, 11) is 0. The van der Waals surface area contributed by atoms with Gasteiger partial charge in [0.25, 0.3) is 0 Å². The van der Waals surface area contributed by atoms with Gasteiger partial charge in [0.15, 0.2) is 0 Å². The minimum atomic E-state index is 0. The molecule has 0 radical (unpaired) electrons. The standard InChI is InChI=1S/C22H38N6O.3ClH/c23-11-7-20-19(6-5-15-28(20)18-9-16-29-17-10-18)25-22-24-12-8-21(26-22)27-13-3-1-2-4-14-27;;;/h8,12,18-20H,1-7,9-11,13-17,23H2,(H,24,25,26);3*1H. The van der Waals surface area contributed by atoms with Gasteiger partial charge in [0.05, 0.1) is 0 Å². The Balaban J connectivity index is 0.00000171. The molecule has 1 aromatic heterocycles. The highest BCUT2D eigenvalue weighted by Gasteiger charge is 2.35. The Morgan fingerprint density at radius 2 is 1.69 bits per heavy atom. The van der Waals surface area contributed by atoms with Crippen LogP contribution in [0.4, 0.5) is 11.8 Å². The van der Waals surface area contributed by atoms with Crippen LogP contribution in [-0.2, 0) is 4.74 Å². The number of ether oxygens (including phenoxy) is 1. The van der Waals surface area contributed by atoms with Gasteiger partial charge in [-0.2, -0.15) is 4.98 Å². The molecule has 4 rings (SSSR count). The highest BCUT2D eigenvalue weighted by atomic mass is 35.5. The van der Waals surface area contributed by atoms with E-state index in [1.807, 2.05) is 6.20 Å². The maximum Gasteiger partial charge on any atom is 0.224 e. The number of aromatic nitrogens is 2. The van der Waals surface area contributed by atoms with Gasteiger partial charge in [0.2, 0.25) is 5.95 Å². The van der Waals surface area contributed by atoms with Crippen molar-refractivity contribution >= 4 is 49.0 Å². The Morgan fingerprint density at radius 3 is 2.38 bits per heavy atom. The van der Waals surface area contributed by atoms with Gasteiger partial charge in [-0.25, -0.2) is 4.98 Å². The van der Waals surface area contributed by atoms with Gasteiger partial charge >= 0.3 is 0 Å². The molecular weight excluding hydrogens is 471 g/mol. The minimum Gasteiger partial charge on any atom is -0.381 e. The first kappa shape index (κ1) is 29.5. The van der Waals surface area contributed by atoms with E-state index in [2.05, 4.69) is 26.2 Å². The van der Waals surface area contributed by atoms with Crippen LogP contribution < -0.4 is 16.0 Å². The van der Waals surface area contributed by atoms with Crippen molar-refractivity contribution in [3.8, 4) is 0 Å². The molecule has 3 saturated heterocycles. The van der Waals surface area contributed by atoms with Gasteiger partial charge in [-0.3, -0.25) is 4.90 Å². The second kappa shape index (κ2) is 15.4. The number of halogens is 3. The summed E-state index contributed by atoms with van der Waals surface area (Å²) in [4.78, 5) is 14.6. The van der Waals surface area contributed by atoms with Crippen LogP contribution >= 0.6 is 37.2 Å². The van der Waals surface area contributed by atoms with Gasteiger partial charge in [0, 0.05) is 50.6 Å². The highest BCUT2D eigenvalue weighted by molar-refractivity contribution is 5.86. The number of piperidine rings is 1. The van der Waals surface area contributed by atoms with E-state index < -0.39 is 0 Å². The zero-order valence-corrected chi connectivity index (χ0v) is 21.4. The van der Waals surface area contributed by atoms with Crippen LogP contribution in [0.25, 0.3) is 0 Å². The van der Waals surface area contributed by atoms with E-state index in [0.29, 0.717) is 18.1 Å². The van der Waals surface area contributed by atoms with E-state index in [1.54, 1.807) is 0 Å². The lowest BCUT2D eigenvalue weighted by Gasteiger charge is -2.46. The third kappa shape index (κ3) is 7.74. The molecule has 32 heavy (non-hydrogen) atoms. The molecule has 0 aromatic carbocycles. The first-order chi connectivity index (χ1) is 14.3. The second-order valence-corrected chi connectivity index (χ2v) is 8.76. The summed E-state index contributed by atoms with van der Waals surface area (Å²) in [6.07, 6.45) is 12.7. The number of nitrogens with zero attached hydrogens (tertiary/aromatic N) is 4. The number of likely N-dealkylation sites (tertiary alicyclic amines) is 1. The fourth-order valence-electron chi connectivity index (χ4n) is 5.32. The fourth-order valence-corrected chi connectivity index (χ4v) is 5.32. The molecule has 3 aliphatic rings. The highest BCUT2D eigenvalue weighted by Crippen LogP contribution is 2.28. The fraction of sp³-hybridized carbons (Fsp3) is 0.818. The summed E-state index contributed by atoms with van der Waals surface area (Å²) in [5.74, 6) is 1.84. The van der Waals surface area contributed by atoms with Crippen molar-refractivity contribution in [3.05, 3.63) is 12.3 Å². The predicted octanol–water partition coefficient (Wildman–Crippen LogP) is 3.90. The number of rotatable bonds is 6. The molecule has 0 spiro atoms. The van der Waals surface area contributed by atoms with E-state index in [4.69, 9.17) is 15.5 Å². The molecule has 7 nitrogen and oxygen atoms in total. The Labute approximate surface area is 211 Å². The monoisotopic (exact) mass is 510 g/mol. The molecule has 3 fully saturated rings.